The number of nitrogens with one attached hydrogen (secondary N) is 1. The van der Waals surface area contributed by atoms with Crippen LogP contribution in [-0.4, -0.2) is 47.7 Å². The predicted molar refractivity (Wildman–Crippen MR) is 90.4 cm³/mol. The van der Waals surface area contributed by atoms with E-state index in [1.807, 2.05) is 6.92 Å². The van der Waals surface area contributed by atoms with Crippen molar-refractivity contribution < 1.29 is 4.74 Å². The number of hydrogen-bond donors (Lipinski definition) is 2. The minimum absolute atomic E-state index is 0.494. The summed E-state index contributed by atoms with van der Waals surface area (Å²) in [5.41, 5.74) is 6.60. The molecule has 3 N–H and O–H groups in total. The molecular formula is C16H29N5O. The second kappa shape index (κ2) is 8.78. The van der Waals surface area contributed by atoms with E-state index in [-0.39, 0.29) is 0 Å². The van der Waals surface area contributed by atoms with Gasteiger partial charge in [0.2, 0.25) is 5.88 Å². The Morgan fingerprint density at radius 3 is 2.73 bits per heavy atom. The summed E-state index contributed by atoms with van der Waals surface area (Å²) < 4.78 is 5.58. The Morgan fingerprint density at radius 2 is 2.00 bits per heavy atom. The number of unbranched alkanes of at least 4 members (excludes halogenated alkanes) is 1. The molecular weight excluding hydrogens is 278 g/mol. The van der Waals surface area contributed by atoms with Crippen molar-refractivity contribution in [1.29, 1.82) is 0 Å². The van der Waals surface area contributed by atoms with Crippen molar-refractivity contribution in [1.82, 2.24) is 14.9 Å². The van der Waals surface area contributed by atoms with Crippen LogP contribution in [0, 0.1) is 6.92 Å². The van der Waals surface area contributed by atoms with Gasteiger partial charge in [-0.2, -0.15) is 4.98 Å². The molecule has 22 heavy (non-hydrogen) atoms. The third kappa shape index (κ3) is 5.02. The molecule has 1 aromatic rings. The van der Waals surface area contributed by atoms with E-state index in [0.717, 1.165) is 19.4 Å². The fraction of sp³-hybridized carbons (Fsp3) is 0.750. The second-order valence-electron chi connectivity index (χ2n) is 5.87. The number of aryl methyl sites for hydroxylation is 1. The summed E-state index contributed by atoms with van der Waals surface area (Å²) in [7, 11) is 0. The van der Waals surface area contributed by atoms with Gasteiger partial charge in [-0.3, -0.25) is 0 Å². The molecule has 1 fully saturated rings. The summed E-state index contributed by atoms with van der Waals surface area (Å²) >= 11 is 0. The Morgan fingerprint density at radius 1 is 1.23 bits per heavy atom. The van der Waals surface area contributed by atoms with Crippen LogP contribution in [0.3, 0.4) is 0 Å². The number of ether oxygens (including phenoxy) is 1. The molecule has 0 aliphatic carbocycles. The minimum Gasteiger partial charge on any atom is -0.476 e. The molecule has 0 atom stereocenters. The van der Waals surface area contributed by atoms with Gasteiger partial charge in [0.05, 0.1) is 6.61 Å². The molecule has 0 aromatic carbocycles. The van der Waals surface area contributed by atoms with Crippen molar-refractivity contribution in [2.75, 3.05) is 43.8 Å². The van der Waals surface area contributed by atoms with Crippen LogP contribution in [0.25, 0.3) is 0 Å². The van der Waals surface area contributed by atoms with Crippen LogP contribution in [-0.2, 0) is 0 Å². The van der Waals surface area contributed by atoms with Gasteiger partial charge in [0, 0.05) is 6.54 Å². The zero-order valence-corrected chi connectivity index (χ0v) is 13.9. The first kappa shape index (κ1) is 16.8. The Hall–Kier alpha value is -1.56. The van der Waals surface area contributed by atoms with Gasteiger partial charge in [0.1, 0.15) is 11.5 Å². The van der Waals surface area contributed by atoms with E-state index >= 15 is 0 Å². The number of nitrogens with two attached hydrogens (primary N) is 1. The van der Waals surface area contributed by atoms with Crippen molar-refractivity contribution >= 4 is 11.5 Å². The molecule has 0 radical (unpaired) electrons. The predicted octanol–water partition coefficient (Wildman–Crippen LogP) is 2.44. The van der Waals surface area contributed by atoms with Gasteiger partial charge in [-0.25, -0.2) is 4.98 Å². The van der Waals surface area contributed by atoms with E-state index < -0.39 is 0 Å². The number of anilines is 2. The highest BCUT2D eigenvalue weighted by Crippen LogP contribution is 2.26. The molecule has 0 bridgehead atoms. The number of likely N-dealkylation sites (tertiary alicyclic amines) is 1. The van der Waals surface area contributed by atoms with Gasteiger partial charge in [0.25, 0.3) is 0 Å². The second-order valence-corrected chi connectivity index (χ2v) is 5.87. The molecule has 124 valence electrons. The summed E-state index contributed by atoms with van der Waals surface area (Å²) in [4.78, 5) is 11.2. The van der Waals surface area contributed by atoms with Crippen molar-refractivity contribution in [3.05, 3.63) is 5.82 Å². The molecule has 1 aliphatic heterocycles. The van der Waals surface area contributed by atoms with Crippen LogP contribution >= 0.6 is 0 Å². The average Bonchev–Trinajstić information content (AvgIpc) is 3.01. The highest BCUT2D eigenvalue weighted by atomic mass is 16.5. The zero-order valence-electron chi connectivity index (χ0n) is 13.9. The fourth-order valence-electron chi connectivity index (χ4n) is 2.67. The Kier molecular flexibility index (Phi) is 6.71. The molecule has 1 aromatic heterocycles. The standard InChI is InChI=1S/C16H29N5O/c1-3-12-22-16-14(17)15(19-13(2)20-16)18-8-4-5-9-21-10-6-7-11-21/h3-12,17H2,1-2H3,(H,18,19,20). The lowest BCUT2D eigenvalue weighted by Gasteiger charge is -2.15. The largest absolute Gasteiger partial charge is 0.476 e. The number of nitrogens with zero attached hydrogens (tertiary/aromatic N) is 3. The SMILES string of the molecule is CCCOc1nc(C)nc(NCCCCN2CCCC2)c1N. The zero-order chi connectivity index (χ0) is 15.8. The minimum atomic E-state index is 0.494. The van der Waals surface area contributed by atoms with Crippen LogP contribution in [0.4, 0.5) is 11.5 Å². The first-order valence-corrected chi connectivity index (χ1v) is 8.44. The maximum atomic E-state index is 6.09. The van der Waals surface area contributed by atoms with E-state index in [9.17, 15) is 0 Å². The van der Waals surface area contributed by atoms with E-state index in [0.29, 0.717) is 29.8 Å². The molecule has 0 unspecified atom stereocenters. The molecule has 0 amide bonds. The van der Waals surface area contributed by atoms with E-state index in [1.165, 1.54) is 38.9 Å². The number of aromatic nitrogens is 2. The summed E-state index contributed by atoms with van der Waals surface area (Å²) in [6.45, 7) is 9.15. The first-order chi connectivity index (χ1) is 10.7. The lowest BCUT2D eigenvalue weighted by atomic mass is 10.3. The van der Waals surface area contributed by atoms with Crippen LogP contribution in [0.1, 0.15) is 44.9 Å². The van der Waals surface area contributed by atoms with E-state index in [2.05, 4.69) is 27.1 Å². The third-order valence-corrected chi connectivity index (χ3v) is 3.86. The topological polar surface area (TPSA) is 76.3 Å². The van der Waals surface area contributed by atoms with Crippen molar-refractivity contribution in [3.8, 4) is 5.88 Å². The van der Waals surface area contributed by atoms with Gasteiger partial charge >= 0.3 is 0 Å². The molecule has 1 aliphatic rings. The maximum absolute atomic E-state index is 6.09. The normalized spacial score (nSPS) is 15.2. The number of hydrogen-bond acceptors (Lipinski definition) is 6. The molecule has 1 saturated heterocycles. The van der Waals surface area contributed by atoms with Crippen LogP contribution in [0.5, 0.6) is 5.88 Å². The highest BCUT2D eigenvalue weighted by Gasteiger charge is 2.12. The lowest BCUT2D eigenvalue weighted by molar-refractivity contribution is 0.306. The van der Waals surface area contributed by atoms with Gasteiger partial charge in [-0.05, 0) is 58.7 Å². The molecule has 2 rings (SSSR count). The smallest absolute Gasteiger partial charge is 0.242 e. The van der Waals surface area contributed by atoms with Crippen LogP contribution < -0.4 is 15.8 Å². The number of rotatable bonds is 9. The number of nitrogen functional groups attached to an aromatic ring is 1. The molecule has 0 spiro atoms. The van der Waals surface area contributed by atoms with Gasteiger partial charge in [-0.15, -0.1) is 0 Å². The fourth-order valence-corrected chi connectivity index (χ4v) is 2.67. The van der Waals surface area contributed by atoms with E-state index in [4.69, 9.17) is 10.5 Å². The van der Waals surface area contributed by atoms with E-state index in [1.54, 1.807) is 0 Å². The Labute approximate surface area is 133 Å². The van der Waals surface area contributed by atoms with Crippen molar-refractivity contribution in [3.63, 3.8) is 0 Å². The van der Waals surface area contributed by atoms with Gasteiger partial charge < -0.3 is 20.7 Å². The van der Waals surface area contributed by atoms with Crippen molar-refractivity contribution in [2.45, 2.75) is 46.0 Å². The van der Waals surface area contributed by atoms with Crippen LogP contribution in [0.2, 0.25) is 0 Å². The first-order valence-electron chi connectivity index (χ1n) is 8.44. The maximum Gasteiger partial charge on any atom is 0.242 e. The average molecular weight is 307 g/mol. The van der Waals surface area contributed by atoms with Crippen LogP contribution in [0.15, 0.2) is 0 Å². The van der Waals surface area contributed by atoms with Gasteiger partial charge in [0.15, 0.2) is 5.82 Å². The summed E-state index contributed by atoms with van der Waals surface area (Å²) in [6, 6.07) is 0. The molecule has 2 heterocycles. The van der Waals surface area contributed by atoms with Gasteiger partial charge in [-0.1, -0.05) is 6.92 Å². The molecule has 6 heteroatoms. The molecule has 0 saturated carbocycles. The summed E-state index contributed by atoms with van der Waals surface area (Å²) in [5.74, 6) is 1.87. The summed E-state index contributed by atoms with van der Waals surface area (Å²) in [5, 5.41) is 3.32. The highest BCUT2D eigenvalue weighted by molar-refractivity contribution is 5.66. The molecule has 6 nitrogen and oxygen atoms in total. The Bertz CT molecular complexity index is 460. The quantitative estimate of drug-likeness (QED) is 0.682. The third-order valence-electron chi connectivity index (χ3n) is 3.86. The van der Waals surface area contributed by atoms with Crippen molar-refractivity contribution in [2.24, 2.45) is 0 Å². The Balaban J connectivity index is 1.77. The monoisotopic (exact) mass is 307 g/mol. The lowest BCUT2D eigenvalue weighted by Crippen LogP contribution is -2.21. The summed E-state index contributed by atoms with van der Waals surface area (Å²) in [6.07, 6.45) is 5.97.